The Bertz CT molecular complexity index is 549. The number of likely N-dealkylation sites (tertiary alicyclic amines) is 1. The molecule has 1 amide bonds. The van der Waals surface area contributed by atoms with Crippen LogP contribution >= 0.6 is 0 Å². The number of nitrogens with zero attached hydrogens (tertiary/aromatic N) is 2. The normalized spacial score (nSPS) is 27.2. The summed E-state index contributed by atoms with van der Waals surface area (Å²) in [4.78, 5) is 17.1. The van der Waals surface area contributed by atoms with Crippen molar-refractivity contribution in [3.63, 3.8) is 0 Å². The average Bonchev–Trinajstić information content (AvgIpc) is 3.21. The molecule has 0 N–H and O–H groups in total. The molecule has 2 aliphatic carbocycles. The number of rotatable bonds is 6. The fraction of sp³-hybridized carbons (Fsp3) is 0.632. The average molecular weight is 298 g/mol. The van der Waals surface area contributed by atoms with Crippen LogP contribution in [-0.4, -0.2) is 34.5 Å². The number of fused-ring (bicyclic) bond motifs is 2. The predicted molar refractivity (Wildman–Crippen MR) is 87.2 cm³/mol. The zero-order valence-corrected chi connectivity index (χ0v) is 13.5. The van der Waals surface area contributed by atoms with E-state index in [2.05, 4.69) is 41.0 Å². The molecule has 1 heterocycles. The Labute approximate surface area is 133 Å². The second kappa shape index (κ2) is 5.69. The second-order valence-corrected chi connectivity index (χ2v) is 7.26. The maximum absolute atomic E-state index is 12.4. The lowest BCUT2D eigenvalue weighted by molar-refractivity contribution is -0.136. The molecule has 1 aromatic carbocycles. The van der Waals surface area contributed by atoms with Gasteiger partial charge in [-0.2, -0.15) is 0 Å². The van der Waals surface area contributed by atoms with E-state index < -0.39 is 0 Å². The van der Waals surface area contributed by atoms with E-state index in [-0.39, 0.29) is 0 Å². The summed E-state index contributed by atoms with van der Waals surface area (Å²) in [7, 11) is 0. The lowest BCUT2D eigenvalue weighted by atomic mass is 10.1. The molecular weight excluding hydrogens is 272 g/mol. The van der Waals surface area contributed by atoms with Crippen LogP contribution in [0.5, 0.6) is 0 Å². The molecule has 2 bridgehead atoms. The number of benzene rings is 1. The van der Waals surface area contributed by atoms with Crippen LogP contribution in [0.1, 0.15) is 50.2 Å². The largest absolute Gasteiger partial charge is 0.326 e. The van der Waals surface area contributed by atoms with Crippen molar-refractivity contribution in [1.29, 1.82) is 0 Å². The number of hydrogen-bond acceptors (Lipinski definition) is 2. The van der Waals surface area contributed by atoms with Gasteiger partial charge in [0.2, 0.25) is 5.91 Å². The van der Waals surface area contributed by atoms with E-state index in [1.165, 1.54) is 30.4 Å². The zero-order valence-electron chi connectivity index (χ0n) is 13.5. The molecule has 0 aromatic heterocycles. The highest BCUT2D eigenvalue weighted by Crippen LogP contribution is 2.39. The van der Waals surface area contributed by atoms with E-state index in [0.717, 1.165) is 32.5 Å². The van der Waals surface area contributed by atoms with Gasteiger partial charge in [0, 0.05) is 24.5 Å². The summed E-state index contributed by atoms with van der Waals surface area (Å²) in [6.45, 7) is 4.02. The van der Waals surface area contributed by atoms with Crippen LogP contribution in [0.4, 0.5) is 0 Å². The monoisotopic (exact) mass is 298 g/mol. The Hall–Kier alpha value is -1.35. The van der Waals surface area contributed by atoms with Gasteiger partial charge in [-0.1, -0.05) is 31.2 Å². The summed E-state index contributed by atoms with van der Waals surface area (Å²) >= 11 is 0. The maximum atomic E-state index is 12.4. The van der Waals surface area contributed by atoms with Crippen LogP contribution in [0, 0.1) is 5.92 Å². The van der Waals surface area contributed by atoms with Gasteiger partial charge in [-0.15, -0.1) is 0 Å². The van der Waals surface area contributed by atoms with Gasteiger partial charge in [0.1, 0.15) is 0 Å². The zero-order chi connectivity index (χ0) is 15.1. The number of piperidine rings is 1. The highest BCUT2D eigenvalue weighted by atomic mass is 16.2. The van der Waals surface area contributed by atoms with Crippen molar-refractivity contribution in [3.05, 3.63) is 35.4 Å². The van der Waals surface area contributed by atoms with Crippen molar-refractivity contribution < 1.29 is 4.79 Å². The number of hydrogen-bond donors (Lipinski definition) is 0. The Morgan fingerprint density at radius 3 is 2.41 bits per heavy atom. The minimum absolute atomic E-state index is 0.342. The quantitative estimate of drug-likeness (QED) is 0.805. The molecule has 2 saturated carbocycles. The van der Waals surface area contributed by atoms with Gasteiger partial charge < -0.3 is 4.90 Å². The third-order valence-electron chi connectivity index (χ3n) is 5.69. The highest BCUT2D eigenvalue weighted by Gasteiger charge is 2.45. The lowest BCUT2D eigenvalue weighted by Crippen LogP contribution is -2.45. The van der Waals surface area contributed by atoms with E-state index in [0.29, 0.717) is 23.9 Å². The summed E-state index contributed by atoms with van der Waals surface area (Å²) in [5.74, 6) is 0.762. The minimum Gasteiger partial charge on any atom is -0.326 e. The molecule has 3 nitrogen and oxygen atoms in total. The molecule has 3 fully saturated rings. The first kappa shape index (κ1) is 14.3. The minimum atomic E-state index is 0.342. The van der Waals surface area contributed by atoms with Crippen molar-refractivity contribution in [1.82, 2.24) is 9.80 Å². The van der Waals surface area contributed by atoms with Crippen molar-refractivity contribution in [2.45, 2.75) is 64.1 Å². The van der Waals surface area contributed by atoms with E-state index in [1.54, 1.807) is 0 Å². The summed E-state index contributed by atoms with van der Waals surface area (Å²) < 4.78 is 0. The van der Waals surface area contributed by atoms with Gasteiger partial charge >= 0.3 is 0 Å². The molecule has 4 rings (SSSR count). The Kier molecular flexibility index (Phi) is 3.69. The molecule has 118 valence electrons. The Balaban J connectivity index is 1.43. The van der Waals surface area contributed by atoms with Gasteiger partial charge in [0.05, 0.1) is 6.67 Å². The van der Waals surface area contributed by atoms with Gasteiger partial charge in [0.25, 0.3) is 0 Å². The SMILES string of the molecule is CCc1ccc(CN(CN2C(=O)C3CCC2C3)C2CC2)cc1. The number of aryl methyl sites for hydroxylation is 1. The Morgan fingerprint density at radius 2 is 1.82 bits per heavy atom. The first-order chi connectivity index (χ1) is 10.7. The van der Waals surface area contributed by atoms with Crippen molar-refractivity contribution in [3.8, 4) is 0 Å². The van der Waals surface area contributed by atoms with E-state index in [4.69, 9.17) is 0 Å². The molecular formula is C19H26N2O. The van der Waals surface area contributed by atoms with Crippen LogP contribution in [0.25, 0.3) is 0 Å². The summed E-state index contributed by atoms with van der Waals surface area (Å²) in [5, 5.41) is 0. The molecule has 3 aliphatic rings. The Morgan fingerprint density at radius 1 is 1.09 bits per heavy atom. The molecule has 1 aliphatic heterocycles. The molecule has 0 radical (unpaired) electrons. The first-order valence-corrected chi connectivity index (χ1v) is 8.87. The predicted octanol–water partition coefficient (Wildman–Crippen LogP) is 3.18. The third-order valence-corrected chi connectivity index (χ3v) is 5.69. The summed E-state index contributed by atoms with van der Waals surface area (Å²) in [6, 6.07) is 10.2. The first-order valence-electron chi connectivity index (χ1n) is 8.87. The van der Waals surface area contributed by atoms with E-state index in [1.807, 2.05) is 0 Å². The van der Waals surface area contributed by atoms with Gasteiger partial charge in [-0.05, 0) is 49.7 Å². The van der Waals surface area contributed by atoms with Crippen molar-refractivity contribution in [2.24, 2.45) is 5.92 Å². The number of carbonyl (C=O) groups is 1. The lowest BCUT2D eigenvalue weighted by Gasteiger charge is -2.33. The molecule has 22 heavy (non-hydrogen) atoms. The second-order valence-electron chi connectivity index (χ2n) is 7.26. The van der Waals surface area contributed by atoms with Crippen LogP contribution in [0.15, 0.2) is 24.3 Å². The third kappa shape index (κ3) is 2.67. The smallest absolute Gasteiger partial charge is 0.227 e. The standard InChI is InChI=1S/C19H26N2O/c1-2-14-3-5-15(6-4-14)12-20(17-9-10-17)13-21-18-8-7-16(11-18)19(21)22/h3-6,16-18H,2,7-13H2,1H3. The van der Waals surface area contributed by atoms with Gasteiger partial charge in [-0.3, -0.25) is 9.69 Å². The van der Waals surface area contributed by atoms with Crippen LogP contribution in [0.3, 0.4) is 0 Å². The van der Waals surface area contributed by atoms with Gasteiger partial charge in [0.15, 0.2) is 0 Å². The molecule has 0 spiro atoms. The van der Waals surface area contributed by atoms with Crippen molar-refractivity contribution in [2.75, 3.05) is 6.67 Å². The maximum Gasteiger partial charge on any atom is 0.227 e. The fourth-order valence-electron chi connectivity index (χ4n) is 4.11. The van der Waals surface area contributed by atoms with E-state index in [9.17, 15) is 4.79 Å². The van der Waals surface area contributed by atoms with Crippen LogP contribution in [0.2, 0.25) is 0 Å². The topological polar surface area (TPSA) is 23.6 Å². The summed E-state index contributed by atoms with van der Waals surface area (Å²) in [5.41, 5.74) is 2.77. The van der Waals surface area contributed by atoms with Crippen LogP contribution in [-0.2, 0) is 17.8 Å². The number of amides is 1. The van der Waals surface area contributed by atoms with Crippen LogP contribution < -0.4 is 0 Å². The molecule has 2 unspecified atom stereocenters. The molecule has 3 heteroatoms. The fourth-order valence-corrected chi connectivity index (χ4v) is 4.11. The molecule has 2 atom stereocenters. The number of carbonyl (C=O) groups excluding carboxylic acids is 1. The van der Waals surface area contributed by atoms with Gasteiger partial charge in [-0.25, -0.2) is 0 Å². The molecule has 1 aromatic rings. The van der Waals surface area contributed by atoms with E-state index >= 15 is 0 Å². The molecule has 1 saturated heterocycles. The van der Waals surface area contributed by atoms with Crippen molar-refractivity contribution >= 4 is 5.91 Å². The summed E-state index contributed by atoms with van der Waals surface area (Å²) in [6.07, 6.45) is 7.15. The highest BCUT2D eigenvalue weighted by molar-refractivity contribution is 5.82.